The van der Waals surface area contributed by atoms with Gasteiger partial charge in [0.2, 0.25) is 0 Å². The molecule has 0 atom stereocenters. The zero-order chi connectivity index (χ0) is 17.4. The highest BCUT2D eigenvalue weighted by atomic mass is 16.5. The molecule has 0 aliphatic heterocycles. The molecule has 1 aromatic heterocycles. The van der Waals surface area contributed by atoms with Gasteiger partial charge in [-0.05, 0) is 42.4 Å². The van der Waals surface area contributed by atoms with E-state index in [0.29, 0.717) is 5.41 Å². The highest BCUT2D eigenvalue weighted by molar-refractivity contribution is 5.79. The number of aliphatic imine (C=N–C) groups is 1. The topological polar surface area (TPSA) is 61.8 Å². The van der Waals surface area contributed by atoms with E-state index in [1.807, 2.05) is 38.3 Å². The maximum Gasteiger partial charge on any atom is 0.191 e. The summed E-state index contributed by atoms with van der Waals surface area (Å²) in [5.41, 5.74) is 1.57. The van der Waals surface area contributed by atoms with Gasteiger partial charge in [-0.3, -0.25) is 4.99 Å². The van der Waals surface area contributed by atoms with Gasteiger partial charge in [-0.25, -0.2) is 4.98 Å². The molecule has 0 bridgehead atoms. The van der Waals surface area contributed by atoms with Gasteiger partial charge in [-0.2, -0.15) is 0 Å². The van der Waals surface area contributed by atoms with Crippen molar-refractivity contribution < 1.29 is 4.74 Å². The minimum atomic E-state index is 0.377. The molecule has 6 heteroatoms. The normalized spacial score (nSPS) is 16.4. The van der Waals surface area contributed by atoms with Crippen molar-refractivity contribution in [2.45, 2.75) is 32.2 Å². The molecule has 0 unspecified atom stereocenters. The van der Waals surface area contributed by atoms with Gasteiger partial charge in [-0.1, -0.05) is 6.42 Å². The molecular weight excluding hydrogens is 302 g/mol. The number of anilines is 1. The minimum Gasteiger partial charge on any atom is -0.385 e. The molecule has 6 nitrogen and oxygen atoms in total. The Morgan fingerprint density at radius 1 is 1.38 bits per heavy atom. The van der Waals surface area contributed by atoms with Crippen molar-refractivity contribution in [2.24, 2.45) is 10.4 Å². The molecule has 1 aliphatic rings. The van der Waals surface area contributed by atoms with Crippen molar-refractivity contribution in [2.75, 3.05) is 46.3 Å². The Kier molecular flexibility index (Phi) is 6.85. The van der Waals surface area contributed by atoms with Crippen molar-refractivity contribution >= 4 is 11.8 Å². The van der Waals surface area contributed by atoms with Crippen LogP contribution in [0.4, 0.5) is 5.82 Å². The SMILES string of the molecule is CN=C(NCc1ccnc(N(C)C)c1)NCC1(CCOC)CCC1. The fraction of sp³-hybridized carbons (Fsp3) is 0.667. The number of nitrogens with zero attached hydrogens (tertiary/aromatic N) is 3. The number of rotatable bonds is 8. The first-order valence-corrected chi connectivity index (χ1v) is 8.64. The van der Waals surface area contributed by atoms with Gasteiger partial charge in [0, 0.05) is 54.1 Å². The number of nitrogens with one attached hydrogen (secondary N) is 2. The number of aromatic nitrogens is 1. The molecule has 134 valence electrons. The second-order valence-electron chi connectivity index (χ2n) is 6.79. The Balaban J connectivity index is 1.83. The predicted octanol–water partition coefficient (Wildman–Crippen LogP) is 2.02. The van der Waals surface area contributed by atoms with Crippen LogP contribution < -0.4 is 15.5 Å². The van der Waals surface area contributed by atoms with Crippen LogP contribution in [0.2, 0.25) is 0 Å². The smallest absolute Gasteiger partial charge is 0.191 e. The average Bonchev–Trinajstić information content (AvgIpc) is 2.56. The molecule has 0 amide bonds. The summed E-state index contributed by atoms with van der Waals surface area (Å²) in [6, 6.07) is 4.12. The lowest BCUT2D eigenvalue weighted by atomic mass is 9.67. The van der Waals surface area contributed by atoms with Crippen molar-refractivity contribution in [3.63, 3.8) is 0 Å². The van der Waals surface area contributed by atoms with Crippen LogP contribution in [0.5, 0.6) is 0 Å². The summed E-state index contributed by atoms with van der Waals surface area (Å²) in [5, 5.41) is 6.88. The van der Waals surface area contributed by atoms with Crippen LogP contribution in [0, 0.1) is 5.41 Å². The van der Waals surface area contributed by atoms with Crippen LogP contribution >= 0.6 is 0 Å². The van der Waals surface area contributed by atoms with Crippen LogP contribution in [0.3, 0.4) is 0 Å². The highest BCUT2D eigenvalue weighted by Gasteiger charge is 2.36. The molecule has 1 heterocycles. The molecule has 1 aromatic rings. The summed E-state index contributed by atoms with van der Waals surface area (Å²) in [5.74, 6) is 1.81. The van der Waals surface area contributed by atoms with E-state index >= 15 is 0 Å². The third kappa shape index (κ3) is 5.09. The number of hydrogen-bond donors (Lipinski definition) is 2. The van der Waals surface area contributed by atoms with Gasteiger partial charge >= 0.3 is 0 Å². The lowest BCUT2D eigenvalue weighted by Gasteiger charge is -2.42. The van der Waals surface area contributed by atoms with Crippen LogP contribution in [0.25, 0.3) is 0 Å². The molecular formula is C18H31N5O. The van der Waals surface area contributed by atoms with Crippen molar-refractivity contribution in [3.8, 4) is 0 Å². The fourth-order valence-electron chi connectivity index (χ4n) is 3.00. The summed E-state index contributed by atoms with van der Waals surface area (Å²) in [6.45, 7) is 2.52. The molecule has 24 heavy (non-hydrogen) atoms. The largest absolute Gasteiger partial charge is 0.385 e. The maximum atomic E-state index is 5.26. The van der Waals surface area contributed by atoms with Gasteiger partial charge in [0.25, 0.3) is 0 Å². The molecule has 2 rings (SSSR count). The van der Waals surface area contributed by atoms with E-state index < -0.39 is 0 Å². The molecule has 1 saturated carbocycles. The van der Waals surface area contributed by atoms with E-state index in [1.54, 1.807) is 7.11 Å². The first-order valence-electron chi connectivity index (χ1n) is 8.64. The fourth-order valence-corrected chi connectivity index (χ4v) is 3.00. The molecule has 0 radical (unpaired) electrons. The maximum absolute atomic E-state index is 5.26. The molecule has 0 saturated heterocycles. The lowest BCUT2D eigenvalue weighted by Crippen LogP contribution is -2.46. The number of methoxy groups -OCH3 is 1. The Morgan fingerprint density at radius 2 is 2.17 bits per heavy atom. The van der Waals surface area contributed by atoms with Crippen LogP contribution in [0.1, 0.15) is 31.2 Å². The molecule has 0 aromatic carbocycles. The summed E-state index contributed by atoms with van der Waals surface area (Å²) in [7, 11) is 7.59. The second kappa shape index (κ2) is 8.87. The van der Waals surface area contributed by atoms with Gasteiger partial charge in [0.1, 0.15) is 5.82 Å². The minimum absolute atomic E-state index is 0.377. The van der Waals surface area contributed by atoms with Gasteiger partial charge < -0.3 is 20.3 Å². The third-order valence-electron chi connectivity index (χ3n) is 4.83. The predicted molar refractivity (Wildman–Crippen MR) is 99.5 cm³/mol. The lowest BCUT2D eigenvalue weighted by molar-refractivity contribution is 0.0732. The molecule has 1 aliphatic carbocycles. The Bertz CT molecular complexity index is 540. The zero-order valence-corrected chi connectivity index (χ0v) is 15.4. The van der Waals surface area contributed by atoms with E-state index in [-0.39, 0.29) is 0 Å². The van der Waals surface area contributed by atoms with E-state index in [4.69, 9.17) is 4.74 Å². The summed E-state index contributed by atoms with van der Waals surface area (Å²) in [6.07, 6.45) is 6.83. The van der Waals surface area contributed by atoms with Gasteiger partial charge in [0.05, 0.1) is 0 Å². The van der Waals surface area contributed by atoms with Crippen LogP contribution in [-0.2, 0) is 11.3 Å². The van der Waals surface area contributed by atoms with E-state index in [2.05, 4.69) is 26.7 Å². The summed E-state index contributed by atoms with van der Waals surface area (Å²) in [4.78, 5) is 10.7. The second-order valence-corrected chi connectivity index (χ2v) is 6.79. The zero-order valence-electron chi connectivity index (χ0n) is 15.4. The van der Waals surface area contributed by atoms with Gasteiger partial charge in [0.15, 0.2) is 5.96 Å². The molecule has 2 N–H and O–H groups in total. The van der Waals surface area contributed by atoms with Crippen LogP contribution in [0.15, 0.2) is 23.3 Å². The number of ether oxygens (including phenoxy) is 1. The average molecular weight is 333 g/mol. The first-order chi connectivity index (χ1) is 11.6. The Morgan fingerprint density at radius 3 is 2.75 bits per heavy atom. The van der Waals surface area contributed by atoms with Crippen molar-refractivity contribution in [1.29, 1.82) is 0 Å². The quantitative estimate of drug-likeness (QED) is 0.563. The van der Waals surface area contributed by atoms with Crippen molar-refractivity contribution in [1.82, 2.24) is 15.6 Å². The van der Waals surface area contributed by atoms with Crippen molar-refractivity contribution in [3.05, 3.63) is 23.9 Å². The third-order valence-corrected chi connectivity index (χ3v) is 4.83. The van der Waals surface area contributed by atoms with E-state index in [9.17, 15) is 0 Å². The summed E-state index contributed by atoms with van der Waals surface area (Å²) >= 11 is 0. The highest BCUT2D eigenvalue weighted by Crippen LogP contribution is 2.43. The van der Waals surface area contributed by atoms with Gasteiger partial charge in [-0.15, -0.1) is 0 Å². The standard InChI is InChI=1S/C18H31N5O/c1-19-17(22-14-18(7-5-8-18)9-11-24-4)21-13-15-6-10-20-16(12-15)23(2)3/h6,10,12H,5,7-9,11,13-14H2,1-4H3,(H2,19,21,22). The number of hydrogen-bond acceptors (Lipinski definition) is 4. The summed E-state index contributed by atoms with van der Waals surface area (Å²) < 4.78 is 5.26. The van der Waals surface area contributed by atoms with Crippen LogP contribution in [-0.4, -0.2) is 52.3 Å². The number of pyridine rings is 1. The Hall–Kier alpha value is -1.82. The number of guanidine groups is 1. The first kappa shape index (κ1) is 18.5. The monoisotopic (exact) mass is 333 g/mol. The molecule has 1 fully saturated rings. The Labute approximate surface area is 145 Å². The molecule has 0 spiro atoms. The van der Waals surface area contributed by atoms with E-state index in [0.717, 1.165) is 37.9 Å². The van der Waals surface area contributed by atoms with E-state index in [1.165, 1.54) is 24.8 Å².